The molecule has 0 bridgehead atoms. The SMILES string of the molecule is NC(CCCC(=O)NC1C(=O)N2C(C(=O)[O-])=C(CO)CSC12)C(=O)O.[Na+]. The summed E-state index contributed by atoms with van der Waals surface area (Å²) in [5.41, 5.74) is 5.20. The van der Waals surface area contributed by atoms with Gasteiger partial charge in [0.1, 0.15) is 17.5 Å². The van der Waals surface area contributed by atoms with E-state index in [9.17, 15) is 29.4 Å². The number of carbonyl (C=O) groups is 4. The van der Waals surface area contributed by atoms with Crippen molar-refractivity contribution in [2.24, 2.45) is 5.73 Å². The largest absolute Gasteiger partial charge is 1.00 e. The van der Waals surface area contributed by atoms with Gasteiger partial charge in [0.15, 0.2) is 0 Å². The summed E-state index contributed by atoms with van der Waals surface area (Å²) in [6.07, 6.45) is 0.386. The Morgan fingerprint density at radius 1 is 1.42 bits per heavy atom. The minimum atomic E-state index is -1.55. The summed E-state index contributed by atoms with van der Waals surface area (Å²) >= 11 is 1.24. The Balaban J connectivity index is 0.00000338. The molecule has 2 rings (SSSR count). The number of carbonyl (C=O) groups excluding carboxylic acids is 3. The minimum Gasteiger partial charge on any atom is -0.543 e. The van der Waals surface area contributed by atoms with Crippen molar-refractivity contribution in [3.05, 3.63) is 11.3 Å². The van der Waals surface area contributed by atoms with Crippen LogP contribution >= 0.6 is 11.8 Å². The van der Waals surface area contributed by atoms with Crippen LogP contribution in [0.15, 0.2) is 11.3 Å². The van der Waals surface area contributed by atoms with E-state index in [1.807, 2.05) is 0 Å². The maximum atomic E-state index is 12.2. The number of nitrogens with one attached hydrogen (secondary N) is 1. The van der Waals surface area contributed by atoms with E-state index in [4.69, 9.17) is 10.8 Å². The number of aliphatic hydroxyl groups excluding tert-OH is 1. The first-order chi connectivity index (χ1) is 11.8. The first-order valence-electron chi connectivity index (χ1n) is 7.54. The van der Waals surface area contributed by atoms with E-state index < -0.39 is 47.8 Å². The summed E-state index contributed by atoms with van der Waals surface area (Å²) in [6, 6.07) is -1.91. The average molecular weight is 395 g/mol. The fourth-order valence-electron chi connectivity index (χ4n) is 2.64. The van der Waals surface area contributed by atoms with Gasteiger partial charge in [-0.2, -0.15) is 0 Å². The van der Waals surface area contributed by atoms with Crippen molar-refractivity contribution in [1.82, 2.24) is 10.2 Å². The molecule has 138 valence electrons. The summed E-state index contributed by atoms with van der Waals surface area (Å²) in [5, 5.41) is 31.0. The molecule has 2 aliphatic heterocycles. The van der Waals surface area contributed by atoms with Crippen molar-refractivity contribution in [2.45, 2.75) is 36.7 Å². The van der Waals surface area contributed by atoms with Crippen LogP contribution in [-0.2, 0) is 19.2 Å². The van der Waals surface area contributed by atoms with Gasteiger partial charge in [-0.05, 0) is 18.4 Å². The first-order valence-corrected chi connectivity index (χ1v) is 8.59. The number of carboxylic acid groups (broad SMARTS) is 2. The summed E-state index contributed by atoms with van der Waals surface area (Å²) in [6.45, 7) is -0.492. The molecule has 0 saturated carbocycles. The minimum absolute atomic E-state index is 0. The average Bonchev–Trinajstić information content (AvgIpc) is 2.57. The number of hydrogen-bond donors (Lipinski definition) is 4. The number of aliphatic hydroxyl groups is 1. The predicted octanol–water partition coefficient (Wildman–Crippen LogP) is -6.03. The van der Waals surface area contributed by atoms with Crippen LogP contribution in [0, 0.1) is 0 Å². The van der Waals surface area contributed by atoms with Gasteiger partial charge in [-0.25, -0.2) is 0 Å². The molecule has 12 heteroatoms. The van der Waals surface area contributed by atoms with Crippen LogP contribution < -0.4 is 45.7 Å². The van der Waals surface area contributed by atoms with Crippen LogP contribution in [0.5, 0.6) is 0 Å². The normalized spacial score (nSPS) is 22.7. The third-order valence-corrected chi connectivity index (χ3v) is 5.32. The molecule has 0 aliphatic carbocycles. The van der Waals surface area contributed by atoms with E-state index in [-0.39, 0.29) is 65.8 Å². The molecule has 0 spiro atoms. The summed E-state index contributed by atoms with van der Waals surface area (Å²) < 4.78 is 0. The summed E-state index contributed by atoms with van der Waals surface area (Å²) in [5.74, 6) is -3.50. The molecule has 5 N–H and O–H groups in total. The smallest absolute Gasteiger partial charge is 0.543 e. The van der Waals surface area contributed by atoms with Gasteiger partial charge >= 0.3 is 35.5 Å². The molecule has 3 unspecified atom stereocenters. The topological polar surface area (TPSA) is 173 Å². The molecule has 0 aromatic heterocycles. The molecular weight excluding hydrogens is 377 g/mol. The van der Waals surface area contributed by atoms with Crippen LogP contribution in [0.4, 0.5) is 0 Å². The van der Waals surface area contributed by atoms with Crippen molar-refractivity contribution < 1.29 is 64.1 Å². The molecule has 0 radical (unpaired) electrons. The standard InChI is InChI=1S/C14H19N3O7S.Na/c15-7(13(21)22)2-1-3-8(19)16-9-11(20)17-10(14(23)24)6(4-18)5-25-12(9)17;/h7,9,12,18H,1-5,15H2,(H,16,19)(H,21,22)(H,23,24);/q;+1/p-1. The summed E-state index contributed by atoms with van der Waals surface area (Å²) in [4.78, 5) is 46.9. The number of nitrogens with zero attached hydrogens (tertiary/aromatic N) is 1. The monoisotopic (exact) mass is 395 g/mol. The molecule has 0 aromatic carbocycles. The fraction of sp³-hybridized carbons (Fsp3) is 0.571. The maximum absolute atomic E-state index is 12.2. The van der Waals surface area contributed by atoms with Crippen LogP contribution in [-0.4, -0.2) is 68.7 Å². The predicted molar refractivity (Wildman–Crippen MR) is 83.6 cm³/mol. The number of amides is 2. The van der Waals surface area contributed by atoms with Crippen LogP contribution in [0.25, 0.3) is 0 Å². The van der Waals surface area contributed by atoms with E-state index in [1.54, 1.807) is 0 Å². The second-order valence-electron chi connectivity index (χ2n) is 5.69. The van der Waals surface area contributed by atoms with Crippen molar-refractivity contribution in [2.75, 3.05) is 12.4 Å². The summed E-state index contributed by atoms with van der Waals surface area (Å²) in [7, 11) is 0. The van der Waals surface area contributed by atoms with E-state index in [0.717, 1.165) is 4.90 Å². The Morgan fingerprint density at radius 3 is 2.62 bits per heavy atom. The van der Waals surface area contributed by atoms with Crippen LogP contribution in [0.2, 0.25) is 0 Å². The molecule has 2 heterocycles. The van der Waals surface area contributed by atoms with Crippen LogP contribution in [0.1, 0.15) is 19.3 Å². The zero-order valence-corrected chi connectivity index (χ0v) is 17.0. The van der Waals surface area contributed by atoms with Crippen molar-refractivity contribution in [1.29, 1.82) is 0 Å². The van der Waals surface area contributed by atoms with Gasteiger partial charge < -0.3 is 31.2 Å². The Labute approximate surface area is 175 Å². The molecule has 3 atom stereocenters. The first kappa shape index (κ1) is 22.9. The van der Waals surface area contributed by atoms with Gasteiger partial charge in [0.25, 0.3) is 5.91 Å². The number of nitrogens with two attached hydrogens (primary N) is 1. The molecule has 2 aliphatic rings. The van der Waals surface area contributed by atoms with Crippen molar-refractivity contribution >= 4 is 35.5 Å². The zero-order chi connectivity index (χ0) is 18.7. The molecule has 10 nitrogen and oxygen atoms in total. The van der Waals surface area contributed by atoms with E-state index in [2.05, 4.69) is 5.32 Å². The van der Waals surface area contributed by atoms with Gasteiger partial charge in [0.05, 0.1) is 18.3 Å². The third kappa shape index (κ3) is 4.78. The number of aliphatic carboxylic acids is 2. The number of fused-ring (bicyclic) bond motifs is 1. The number of hydrogen-bond acceptors (Lipinski definition) is 8. The van der Waals surface area contributed by atoms with Gasteiger partial charge in [-0.1, -0.05) is 0 Å². The van der Waals surface area contributed by atoms with E-state index in [1.165, 1.54) is 11.8 Å². The zero-order valence-electron chi connectivity index (χ0n) is 14.1. The Bertz CT molecular complexity index is 642. The van der Waals surface area contributed by atoms with Gasteiger partial charge in [0.2, 0.25) is 5.91 Å². The van der Waals surface area contributed by atoms with Crippen molar-refractivity contribution in [3.63, 3.8) is 0 Å². The molecule has 2 amide bonds. The van der Waals surface area contributed by atoms with E-state index >= 15 is 0 Å². The molecule has 1 saturated heterocycles. The molecule has 26 heavy (non-hydrogen) atoms. The number of rotatable bonds is 8. The second kappa shape index (κ2) is 9.72. The number of thioether (sulfide) groups is 1. The Hall–Kier alpha value is -1.11. The number of carboxylic acids is 2. The number of β-lactam (4-membered cyclic amide) rings is 1. The van der Waals surface area contributed by atoms with E-state index in [0.29, 0.717) is 0 Å². The van der Waals surface area contributed by atoms with Crippen molar-refractivity contribution in [3.8, 4) is 0 Å². The van der Waals surface area contributed by atoms with Gasteiger partial charge in [-0.15, -0.1) is 11.8 Å². The Kier molecular flexibility index (Phi) is 8.57. The third-order valence-electron chi connectivity index (χ3n) is 3.98. The molecule has 0 aromatic rings. The molecular formula is C14H18N3NaO7S. The quantitative estimate of drug-likeness (QED) is 0.230. The van der Waals surface area contributed by atoms with Crippen LogP contribution in [0.3, 0.4) is 0 Å². The second-order valence-corrected chi connectivity index (χ2v) is 6.79. The molecule has 1 fully saturated rings. The van der Waals surface area contributed by atoms with Gasteiger partial charge in [-0.3, -0.25) is 19.3 Å². The maximum Gasteiger partial charge on any atom is 1.00 e. The van der Waals surface area contributed by atoms with Gasteiger partial charge in [0, 0.05) is 12.2 Å². The Morgan fingerprint density at radius 2 is 2.08 bits per heavy atom. The fourth-order valence-corrected chi connectivity index (χ4v) is 3.98.